The molecule has 20 heavy (non-hydrogen) atoms. The maximum absolute atomic E-state index is 13.7. The quantitative estimate of drug-likeness (QED) is 0.488. The number of rotatable bonds is 10. The third-order valence-corrected chi connectivity index (χ3v) is 2.91. The summed E-state index contributed by atoms with van der Waals surface area (Å²) >= 11 is 0. The lowest BCUT2D eigenvalue weighted by atomic mass is 10.1. The first-order chi connectivity index (χ1) is 9.74. The molecule has 0 aliphatic carbocycles. The van der Waals surface area contributed by atoms with Gasteiger partial charge in [0.1, 0.15) is 5.82 Å². The molecule has 0 heterocycles. The zero-order chi connectivity index (χ0) is 14.8. The number of carbonyl (C=O) groups is 1. The fourth-order valence-electron chi connectivity index (χ4n) is 1.91. The van der Waals surface area contributed by atoms with Crippen molar-refractivity contribution in [3.63, 3.8) is 0 Å². The molecule has 0 spiro atoms. The summed E-state index contributed by atoms with van der Waals surface area (Å²) in [5.74, 6) is -0.504. The van der Waals surface area contributed by atoms with Crippen LogP contribution in [0.5, 0.6) is 0 Å². The number of aldehydes is 1. The fraction of sp³-hybridized carbons (Fsp3) is 0.533. The van der Waals surface area contributed by atoms with Gasteiger partial charge in [-0.3, -0.25) is 4.79 Å². The average Bonchev–Trinajstić information content (AvgIpc) is 2.46. The van der Waals surface area contributed by atoms with Crippen molar-refractivity contribution in [3.8, 4) is 0 Å². The Morgan fingerprint density at radius 2 is 1.75 bits per heavy atom. The summed E-state index contributed by atoms with van der Waals surface area (Å²) in [6, 6.07) is 4.63. The maximum atomic E-state index is 13.7. The van der Waals surface area contributed by atoms with Crippen molar-refractivity contribution in [1.29, 1.82) is 0 Å². The van der Waals surface area contributed by atoms with Gasteiger partial charge in [-0.25, -0.2) is 4.39 Å². The zero-order valence-electron chi connectivity index (χ0n) is 12.1. The van der Waals surface area contributed by atoms with E-state index in [0.29, 0.717) is 51.5 Å². The Bertz CT molecular complexity index is 402. The highest BCUT2D eigenvalue weighted by Crippen LogP contribution is 2.21. The number of anilines is 1. The Labute approximate surface area is 119 Å². The number of benzene rings is 1. The monoisotopic (exact) mass is 283 g/mol. The third-order valence-electron chi connectivity index (χ3n) is 2.91. The lowest BCUT2D eigenvalue weighted by molar-refractivity contribution is 0.111. The van der Waals surface area contributed by atoms with Crippen LogP contribution in [0.25, 0.3) is 0 Å². The smallest absolute Gasteiger partial charge is 0.155 e. The highest BCUT2D eigenvalue weighted by atomic mass is 19.1. The van der Waals surface area contributed by atoms with Crippen molar-refractivity contribution < 1.29 is 18.7 Å². The Kier molecular flexibility index (Phi) is 7.84. The summed E-state index contributed by atoms with van der Waals surface area (Å²) in [7, 11) is 0. The van der Waals surface area contributed by atoms with Crippen LogP contribution in [0.3, 0.4) is 0 Å². The van der Waals surface area contributed by atoms with E-state index in [1.807, 2.05) is 18.7 Å². The minimum atomic E-state index is -0.504. The summed E-state index contributed by atoms with van der Waals surface area (Å²) in [6.07, 6.45) is 0.555. The van der Waals surface area contributed by atoms with Gasteiger partial charge in [0.15, 0.2) is 6.29 Å². The van der Waals surface area contributed by atoms with Gasteiger partial charge in [-0.1, -0.05) is 6.07 Å². The largest absolute Gasteiger partial charge is 0.380 e. The first-order valence-corrected chi connectivity index (χ1v) is 6.88. The van der Waals surface area contributed by atoms with Crippen LogP contribution < -0.4 is 4.90 Å². The van der Waals surface area contributed by atoms with Crippen LogP contribution in [0, 0.1) is 5.82 Å². The van der Waals surface area contributed by atoms with Crippen LogP contribution in [0.15, 0.2) is 18.2 Å². The predicted octanol–water partition coefficient (Wildman–Crippen LogP) is 2.52. The van der Waals surface area contributed by atoms with Gasteiger partial charge >= 0.3 is 0 Å². The van der Waals surface area contributed by atoms with Gasteiger partial charge in [0.2, 0.25) is 0 Å². The molecule has 0 bridgehead atoms. The number of hydrogen-bond donors (Lipinski definition) is 0. The van der Waals surface area contributed by atoms with Crippen LogP contribution in [-0.4, -0.2) is 45.8 Å². The van der Waals surface area contributed by atoms with E-state index in [1.54, 1.807) is 12.1 Å². The second-order valence-electron chi connectivity index (χ2n) is 4.17. The maximum Gasteiger partial charge on any atom is 0.155 e. The third kappa shape index (κ3) is 4.90. The van der Waals surface area contributed by atoms with E-state index in [9.17, 15) is 9.18 Å². The van der Waals surface area contributed by atoms with E-state index >= 15 is 0 Å². The van der Waals surface area contributed by atoms with E-state index in [4.69, 9.17) is 9.47 Å². The van der Waals surface area contributed by atoms with E-state index < -0.39 is 5.82 Å². The first kappa shape index (κ1) is 16.6. The lowest BCUT2D eigenvalue weighted by Gasteiger charge is -2.26. The Balaban J connectivity index is 2.84. The van der Waals surface area contributed by atoms with Crippen molar-refractivity contribution in [2.24, 2.45) is 0 Å². The molecule has 4 nitrogen and oxygen atoms in total. The molecule has 0 aromatic heterocycles. The number of hydrogen-bond acceptors (Lipinski definition) is 4. The molecule has 0 atom stereocenters. The second kappa shape index (κ2) is 9.44. The van der Waals surface area contributed by atoms with Crippen LogP contribution in [0.2, 0.25) is 0 Å². The van der Waals surface area contributed by atoms with Crippen molar-refractivity contribution in [2.45, 2.75) is 13.8 Å². The number of halogens is 1. The molecule has 0 radical (unpaired) electrons. The summed E-state index contributed by atoms with van der Waals surface area (Å²) in [6.45, 7) is 7.32. The molecular formula is C15H22FNO3. The molecule has 1 aromatic carbocycles. The molecule has 5 heteroatoms. The molecule has 0 unspecified atom stereocenters. The van der Waals surface area contributed by atoms with Gasteiger partial charge in [-0.05, 0) is 26.0 Å². The highest BCUT2D eigenvalue weighted by molar-refractivity contribution is 5.85. The average molecular weight is 283 g/mol. The van der Waals surface area contributed by atoms with Gasteiger partial charge in [0.25, 0.3) is 0 Å². The molecule has 0 N–H and O–H groups in total. The highest BCUT2D eigenvalue weighted by Gasteiger charge is 2.14. The molecule has 0 saturated heterocycles. The van der Waals surface area contributed by atoms with Gasteiger partial charge in [-0.2, -0.15) is 0 Å². The number of nitrogens with zero attached hydrogens (tertiary/aromatic N) is 1. The normalized spacial score (nSPS) is 10.6. The van der Waals surface area contributed by atoms with Crippen LogP contribution in [0.1, 0.15) is 24.2 Å². The minimum absolute atomic E-state index is 0.0838. The predicted molar refractivity (Wildman–Crippen MR) is 77.0 cm³/mol. The van der Waals surface area contributed by atoms with E-state index in [0.717, 1.165) is 0 Å². The summed E-state index contributed by atoms with van der Waals surface area (Å²) in [4.78, 5) is 13.0. The minimum Gasteiger partial charge on any atom is -0.380 e. The second-order valence-corrected chi connectivity index (χ2v) is 4.17. The molecule has 1 aromatic rings. The molecular weight excluding hydrogens is 261 g/mol. The van der Waals surface area contributed by atoms with Gasteiger partial charge in [0, 0.05) is 26.3 Å². The number of carbonyl (C=O) groups excluding carboxylic acids is 1. The molecule has 112 valence electrons. The van der Waals surface area contributed by atoms with Gasteiger partial charge in [0.05, 0.1) is 24.5 Å². The molecule has 1 rings (SSSR count). The van der Waals surface area contributed by atoms with Crippen molar-refractivity contribution >= 4 is 12.0 Å². The Morgan fingerprint density at radius 3 is 2.25 bits per heavy atom. The molecule has 0 aliphatic rings. The van der Waals surface area contributed by atoms with Crippen LogP contribution in [-0.2, 0) is 9.47 Å². The van der Waals surface area contributed by atoms with Crippen molar-refractivity contribution in [2.75, 3.05) is 44.4 Å². The fourth-order valence-corrected chi connectivity index (χ4v) is 1.91. The SMILES string of the molecule is CCOCCN(CCOCC)c1cccc(F)c1C=O. The van der Waals surface area contributed by atoms with Crippen molar-refractivity contribution in [1.82, 2.24) is 0 Å². The Morgan fingerprint density at radius 1 is 1.15 bits per heavy atom. The summed E-state index contributed by atoms with van der Waals surface area (Å²) < 4.78 is 24.3. The molecule has 0 fully saturated rings. The van der Waals surface area contributed by atoms with Crippen LogP contribution in [0.4, 0.5) is 10.1 Å². The zero-order valence-corrected chi connectivity index (χ0v) is 12.1. The summed E-state index contributed by atoms with van der Waals surface area (Å²) in [5.41, 5.74) is 0.667. The van der Waals surface area contributed by atoms with E-state index in [-0.39, 0.29) is 5.56 Å². The number of ether oxygens (including phenoxy) is 2. The van der Waals surface area contributed by atoms with E-state index in [1.165, 1.54) is 6.07 Å². The Hall–Kier alpha value is -1.46. The first-order valence-electron chi connectivity index (χ1n) is 6.88. The lowest BCUT2D eigenvalue weighted by Crippen LogP contribution is -2.32. The standard InChI is InChI=1S/C15H22FNO3/c1-3-19-10-8-17(9-11-20-4-2)15-7-5-6-14(16)13(15)12-18/h5-7,12H,3-4,8-11H2,1-2H3. The van der Waals surface area contributed by atoms with Gasteiger partial charge in [-0.15, -0.1) is 0 Å². The summed E-state index contributed by atoms with van der Waals surface area (Å²) in [5, 5.41) is 0. The molecule has 0 saturated carbocycles. The topological polar surface area (TPSA) is 38.8 Å². The van der Waals surface area contributed by atoms with Gasteiger partial charge < -0.3 is 14.4 Å². The van der Waals surface area contributed by atoms with Crippen LogP contribution >= 0.6 is 0 Å². The van der Waals surface area contributed by atoms with Crippen molar-refractivity contribution in [3.05, 3.63) is 29.6 Å². The molecule has 0 aliphatic heterocycles. The molecule has 0 amide bonds. The van der Waals surface area contributed by atoms with E-state index in [2.05, 4.69) is 0 Å².